The molecule has 0 aliphatic heterocycles. The fraction of sp³-hybridized carbons (Fsp3) is 0.0417. The van der Waals surface area contributed by atoms with Gasteiger partial charge in [-0.2, -0.15) is 0 Å². The summed E-state index contributed by atoms with van der Waals surface area (Å²) in [4.78, 5) is 10.1. The maximum atomic E-state index is 11.4. The molecule has 0 aliphatic carbocycles. The van der Waals surface area contributed by atoms with Crippen molar-refractivity contribution in [2.75, 3.05) is 0 Å². The van der Waals surface area contributed by atoms with Crippen molar-refractivity contribution in [1.29, 1.82) is 0 Å². The van der Waals surface area contributed by atoms with Crippen molar-refractivity contribution >= 4 is 31.5 Å². The van der Waals surface area contributed by atoms with Gasteiger partial charge < -0.3 is 5.11 Å². The van der Waals surface area contributed by atoms with E-state index in [1.54, 1.807) is 0 Å². The van der Waals surface area contributed by atoms with Crippen molar-refractivity contribution in [3.8, 4) is 72.9 Å². The van der Waals surface area contributed by atoms with Gasteiger partial charge in [0.1, 0.15) is 5.75 Å². The van der Waals surface area contributed by atoms with Crippen molar-refractivity contribution < 1.29 is 26.2 Å². The number of benzene rings is 6. The van der Waals surface area contributed by atoms with Crippen molar-refractivity contribution in [2.45, 2.75) is 13.8 Å². The normalized spacial score (nSPS) is 11.1. The molecule has 0 saturated carbocycles. The Morgan fingerprint density at radius 1 is 0.491 bits per heavy atom. The Labute approximate surface area is 327 Å². The second-order valence-electron chi connectivity index (χ2n) is 13.2. The summed E-state index contributed by atoms with van der Waals surface area (Å²) >= 11 is 1.84. The van der Waals surface area contributed by atoms with E-state index in [1.807, 2.05) is 72.0 Å². The summed E-state index contributed by atoms with van der Waals surface area (Å²) in [5.41, 5.74) is 13.3. The summed E-state index contributed by atoms with van der Waals surface area (Å²) in [6, 6.07) is 57.9. The molecule has 1 N–H and O–H groups in total. The van der Waals surface area contributed by atoms with Crippen LogP contribution in [0, 0.1) is 19.9 Å². The van der Waals surface area contributed by atoms with Crippen LogP contribution in [-0.2, 0) is 21.1 Å². The van der Waals surface area contributed by atoms with E-state index in [0.717, 1.165) is 56.0 Å². The maximum Gasteiger partial charge on any atom is 0.125 e. The van der Waals surface area contributed by atoms with E-state index in [-0.39, 0.29) is 26.8 Å². The van der Waals surface area contributed by atoms with Gasteiger partial charge in [0.05, 0.1) is 5.69 Å². The van der Waals surface area contributed by atoms with Crippen LogP contribution in [0.2, 0.25) is 0 Å². The molecule has 0 saturated heterocycles. The van der Waals surface area contributed by atoms with Crippen molar-refractivity contribution in [3.63, 3.8) is 0 Å². The number of thiophene rings is 1. The average molecular weight is 881 g/mol. The predicted octanol–water partition coefficient (Wildman–Crippen LogP) is 13.0. The molecule has 258 valence electrons. The first-order chi connectivity index (χ1) is 25.5. The van der Waals surface area contributed by atoms with Gasteiger partial charge in [0.25, 0.3) is 0 Å². The second-order valence-corrected chi connectivity index (χ2v) is 14.3. The number of rotatable bonds is 6. The third kappa shape index (κ3) is 6.73. The molecule has 0 fully saturated rings. The van der Waals surface area contributed by atoms with Crippen molar-refractivity contribution in [3.05, 3.63) is 175 Å². The Kier molecular flexibility index (Phi) is 9.35. The zero-order chi connectivity index (χ0) is 35.2. The molecule has 0 aliphatic rings. The summed E-state index contributed by atoms with van der Waals surface area (Å²) < 4.78 is 2.57. The molecule has 5 heteroatoms. The molecule has 3 aromatic heterocycles. The molecule has 9 aromatic rings. The number of aromatic nitrogens is 2. The number of nitrogens with zero attached hydrogens (tertiary/aromatic N) is 2. The number of hydrogen-bond donors (Lipinski definition) is 1. The quantitative estimate of drug-likeness (QED) is 0.169. The average Bonchev–Trinajstić information content (AvgIpc) is 3.57. The van der Waals surface area contributed by atoms with E-state index in [4.69, 9.17) is 9.97 Å². The third-order valence-corrected chi connectivity index (χ3v) is 10.8. The molecule has 0 atom stereocenters. The molecule has 9 rings (SSSR count). The fourth-order valence-electron chi connectivity index (χ4n) is 7.06. The SMILES string of the molecule is Cc1cccc(-c2ccc(-c3cc(-c4ccccc4)cc(-c4[c-]c(-c5cc(-c6cccc7c6sc6ccccc67)cc(C)n5)ccc4)n3)c(O)c2)c1.[Pt]. The largest absolute Gasteiger partial charge is 0.507 e. The Bertz CT molecular complexity index is 2790. The predicted molar refractivity (Wildman–Crippen MR) is 218 cm³/mol. The van der Waals surface area contributed by atoms with Crippen molar-refractivity contribution in [2.24, 2.45) is 0 Å². The summed E-state index contributed by atoms with van der Waals surface area (Å²) in [7, 11) is 0. The fourth-order valence-corrected chi connectivity index (χ4v) is 8.30. The number of fused-ring (bicyclic) bond motifs is 3. The van der Waals surface area contributed by atoms with Crippen LogP contribution in [0.25, 0.3) is 87.3 Å². The monoisotopic (exact) mass is 880 g/mol. The molecule has 0 radical (unpaired) electrons. The van der Waals surface area contributed by atoms with Crippen LogP contribution in [-0.4, -0.2) is 15.1 Å². The van der Waals surface area contributed by atoms with Crippen LogP contribution < -0.4 is 0 Å². The molecule has 0 spiro atoms. The van der Waals surface area contributed by atoms with Crippen LogP contribution in [0.15, 0.2) is 158 Å². The van der Waals surface area contributed by atoms with Gasteiger partial charge in [-0.15, -0.1) is 35.6 Å². The summed E-state index contributed by atoms with van der Waals surface area (Å²) in [6.45, 7) is 4.13. The zero-order valence-electron chi connectivity index (χ0n) is 29.1. The Morgan fingerprint density at radius 2 is 1.15 bits per heavy atom. The van der Waals surface area contributed by atoms with Gasteiger partial charge in [-0.05, 0) is 77.6 Å². The van der Waals surface area contributed by atoms with Crippen LogP contribution >= 0.6 is 11.3 Å². The van der Waals surface area contributed by atoms with E-state index in [0.29, 0.717) is 11.3 Å². The number of phenols is 1. The Balaban J connectivity index is 0.00000400. The van der Waals surface area contributed by atoms with Crippen LogP contribution in [0.1, 0.15) is 11.3 Å². The number of pyridine rings is 2. The summed E-state index contributed by atoms with van der Waals surface area (Å²) in [5, 5.41) is 14.0. The van der Waals surface area contributed by atoms with Crippen LogP contribution in [0.5, 0.6) is 5.75 Å². The van der Waals surface area contributed by atoms with Crippen LogP contribution in [0.3, 0.4) is 0 Å². The summed E-state index contributed by atoms with van der Waals surface area (Å²) in [6.07, 6.45) is 0. The van der Waals surface area contributed by atoms with Gasteiger partial charge in [-0.3, -0.25) is 9.97 Å². The number of aromatic hydroxyl groups is 1. The first-order valence-corrected chi connectivity index (χ1v) is 18.2. The zero-order valence-corrected chi connectivity index (χ0v) is 32.2. The topological polar surface area (TPSA) is 46.0 Å². The number of hydrogen-bond acceptors (Lipinski definition) is 4. The molecular formula is C48H33N2OPtS-. The minimum Gasteiger partial charge on any atom is -0.507 e. The molecular weight excluding hydrogens is 848 g/mol. The molecule has 0 amide bonds. The number of aryl methyl sites for hydroxylation is 2. The summed E-state index contributed by atoms with van der Waals surface area (Å²) in [5.74, 6) is 0.186. The van der Waals surface area contributed by atoms with E-state index in [2.05, 4.69) is 117 Å². The van der Waals surface area contributed by atoms with Gasteiger partial charge in [0.2, 0.25) is 0 Å². The van der Waals surface area contributed by atoms with Gasteiger partial charge in [-0.25, -0.2) is 0 Å². The van der Waals surface area contributed by atoms with E-state index < -0.39 is 0 Å². The van der Waals surface area contributed by atoms with Gasteiger partial charge in [0, 0.05) is 63.9 Å². The molecule has 6 aromatic carbocycles. The minimum atomic E-state index is 0. The molecule has 3 heterocycles. The van der Waals surface area contributed by atoms with Gasteiger partial charge in [0.15, 0.2) is 0 Å². The third-order valence-electron chi connectivity index (χ3n) is 9.57. The van der Waals surface area contributed by atoms with E-state index in [9.17, 15) is 5.11 Å². The van der Waals surface area contributed by atoms with Crippen LogP contribution in [0.4, 0.5) is 0 Å². The number of phenolic OH excluding ortho intramolecular Hbond substituents is 1. The molecule has 3 nitrogen and oxygen atoms in total. The standard InChI is InChI=1S/C48H33N2OS.Pt/c1-30-11-8-14-33(23-30)34-21-22-42(46(51)29-34)45-27-37(32-12-4-3-5-13-32)26-44(50-45)36-16-9-15-35(25-36)43-28-38(24-31(2)49-43)39-18-10-19-41-40-17-6-7-20-47(40)52-48(39)41;/h3-24,26-29,51H,1-2H3;/q-1;. The van der Waals surface area contributed by atoms with E-state index >= 15 is 0 Å². The molecule has 53 heavy (non-hydrogen) atoms. The Hall–Kier alpha value is -5.67. The second kappa shape index (κ2) is 14.4. The first-order valence-electron chi connectivity index (χ1n) is 17.4. The van der Waals surface area contributed by atoms with Crippen molar-refractivity contribution in [1.82, 2.24) is 9.97 Å². The van der Waals surface area contributed by atoms with E-state index in [1.165, 1.54) is 31.3 Å². The van der Waals surface area contributed by atoms with Gasteiger partial charge in [-0.1, -0.05) is 126 Å². The Morgan fingerprint density at radius 3 is 1.96 bits per heavy atom. The maximum absolute atomic E-state index is 11.4. The smallest absolute Gasteiger partial charge is 0.125 e. The molecule has 0 bridgehead atoms. The molecule has 0 unspecified atom stereocenters. The van der Waals surface area contributed by atoms with Gasteiger partial charge >= 0.3 is 0 Å². The minimum absolute atomic E-state index is 0. The first kappa shape index (κ1) is 34.4.